The number of nitrogens with one attached hydrogen (secondary N) is 1. The number of thiophene rings is 2. The van der Waals surface area contributed by atoms with Crippen molar-refractivity contribution in [1.82, 2.24) is 14.8 Å². The molecule has 0 spiro atoms. The minimum Gasteiger partial charge on any atom is -0.316 e. The largest absolute Gasteiger partial charge is 0.316 e. The molecule has 0 radical (unpaired) electrons. The highest BCUT2D eigenvalue weighted by Crippen LogP contribution is 2.39. The van der Waals surface area contributed by atoms with Gasteiger partial charge in [0.1, 0.15) is 11.1 Å². The van der Waals surface area contributed by atoms with Crippen molar-refractivity contribution in [3.63, 3.8) is 0 Å². The van der Waals surface area contributed by atoms with Gasteiger partial charge in [-0.1, -0.05) is 18.7 Å². The summed E-state index contributed by atoms with van der Waals surface area (Å²) < 4.78 is 1.93. The molecule has 3 aromatic rings. The summed E-state index contributed by atoms with van der Waals surface area (Å²) in [5.41, 5.74) is 4.07. The number of thioether (sulfide) groups is 1. The van der Waals surface area contributed by atoms with Crippen LogP contribution in [0.5, 0.6) is 0 Å². The van der Waals surface area contributed by atoms with E-state index in [-0.39, 0.29) is 11.7 Å². The summed E-state index contributed by atoms with van der Waals surface area (Å²) in [6.45, 7) is 6.42. The van der Waals surface area contributed by atoms with Gasteiger partial charge in [-0.05, 0) is 50.2 Å². The highest BCUT2D eigenvalue weighted by molar-refractivity contribution is 7.99. The van der Waals surface area contributed by atoms with E-state index in [1.165, 1.54) is 27.1 Å². The molecule has 4 rings (SSSR count). The number of amides is 1. The molecule has 1 amide bonds. The van der Waals surface area contributed by atoms with Gasteiger partial charge in [0.15, 0.2) is 11.0 Å². The van der Waals surface area contributed by atoms with Crippen LogP contribution in [0.4, 0.5) is 5.00 Å². The van der Waals surface area contributed by atoms with Crippen LogP contribution in [-0.4, -0.2) is 26.4 Å². The second-order valence-corrected chi connectivity index (χ2v) is 10.8. The van der Waals surface area contributed by atoms with Crippen LogP contribution < -0.4 is 5.32 Å². The average Bonchev–Trinajstić information content (AvgIpc) is 3.35. The molecule has 0 aliphatic heterocycles. The van der Waals surface area contributed by atoms with Crippen molar-refractivity contribution < 1.29 is 4.79 Å². The van der Waals surface area contributed by atoms with E-state index in [1.807, 2.05) is 11.6 Å². The summed E-state index contributed by atoms with van der Waals surface area (Å²) in [6, 6.07) is 2.30. The molecule has 0 saturated heterocycles. The second kappa shape index (κ2) is 8.53. The first-order valence-electron chi connectivity index (χ1n) is 9.80. The van der Waals surface area contributed by atoms with Crippen molar-refractivity contribution in [2.75, 3.05) is 11.1 Å². The fourth-order valence-corrected chi connectivity index (χ4v) is 6.61. The lowest BCUT2D eigenvalue weighted by molar-refractivity contribution is -0.113. The highest BCUT2D eigenvalue weighted by Gasteiger charge is 2.25. The average molecular weight is 458 g/mol. The van der Waals surface area contributed by atoms with Gasteiger partial charge in [0, 0.05) is 27.7 Å². The Hall–Kier alpha value is -2.15. The van der Waals surface area contributed by atoms with Gasteiger partial charge >= 0.3 is 0 Å². The molecular weight excluding hydrogens is 434 g/mol. The van der Waals surface area contributed by atoms with E-state index in [9.17, 15) is 10.1 Å². The normalized spacial score (nSPS) is 15.6. The van der Waals surface area contributed by atoms with Crippen LogP contribution in [-0.2, 0) is 24.7 Å². The van der Waals surface area contributed by atoms with Crippen molar-refractivity contribution in [1.29, 1.82) is 5.26 Å². The van der Waals surface area contributed by atoms with Gasteiger partial charge in [-0.15, -0.1) is 32.9 Å². The van der Waals surface area contributed by atoms with Gasteiger partial charge in [-0.2, -0.15) is 5.26 Å². The van der Waals surface area contributed by atoms with Crippen molar-refractivity contribution >= 4 is 45.3 Å². The van der Waals surface area contributed by atoms with Gasteiger partial charge in [-0.25, -0.2) is 0 Å². The van der Waals surface area contributed by atoms with Crippen molar-refractivity contribution in [3.8, 4) is 17.5 Å². The number of hydrogen-bond donors (Lipinski definition) is 1. The lowest BCUT2D eigenvalue weighted by Gasteiger charge is -2.17. The standard InChI is InChI=1S/C21H23N5OS3/c1-11-5-6-14-15(8-22)20(30-17(14)7-11)23-18(27)10-29-21-25-24-19(26(21)4)16-9-28-13(3)12(16)2/h9,11H,5-7,10H2,1-4H3,(H,23,27). The fourth-order valence-electron chi connectivity index (χ4n) is 3.66. The number of nitriles is 1. The third-order valence-electron chi connectivity index (χ3n) is 5.57. The Balaban J connectivity index is 1.44. The molecule has 0 aromatic carbocycles. The van der Waals surface area contributed by atoms with Gasteiger partial charge < -0.3 is 9.88 Å². The Morgan fingerprint density at radius 3 is 2.93 bits per heavy atom. The summed E-state index contributed by atoms with van der Waals surface area (Å²) in [4.78, 5) is 15.1. The predicted octanol–water partition coefficient (Wildman–Crippen LogP) is 4.95. The third kappa shape index (κ3) is 3.92. The number of carbonyl (C=O) groups is 1. The molecule has 1 N–H and O–H groups in total. The minimum absolute atomic E-state index is 0.129. The van der Waals surface area contributed by atoms with Crippen LogP contribution >= 0.6 is 34.4 Å². The zero-order chi connectivity index (χ0) is 21.4. The Bertz CT molecular complexity index is 1150. The van der Waals surface area contributed by atoms with Gasteiger partial charge in [0.25, 0.3) is 0 Å². The van der Waals surface area contributed by atoms with Crippen LogP contribution in [0.1, 0.15) is 39.8 Å². The lowest BCUT2D eigenvalue weighted by atomic mass is 9.89. The van der Waals surface area contributed by atoms with Crippen molar-refractivity contribution in [2.45, 2.75) is 45.2 Å². The molecule has 156 valence electrons. The summed E-state index contributed by atoms with van der Waals surface area (Å²) in [6.07, 6.45) is 3.01. The number of rotatable bonds is 5. The number of nitrogens with zero attached hydrogens (tertiary/aromatic N) is 4. The van der Waals surface area contributed by atoms with Crippen LogP contribution in [0, 0.1) is 31.1 Å². The van der Waals surface area contributed by atoms with E-state index in [0.717, 1.165) is 36.2 Å². The van der Waals surface area contributed by atoms with Gasteiger partial charge in [0.05, 0.1) is 11.3 Å². The predicted molar refractivity (Wildman–Crippen MR) is 123 cm³/mol. The highest BCUT2D eigenvalue weighted by atomic mass is 32.2. The molecule has 3 aromatic heterocycles. The minimum atomic E-state index is -0.129. The Morgan fingerprint density at radius 1 is 1.43 bits per heavy atom. The van der Waals surface area contributed by atoms with E-state index >= 15 is 0 Å². The summed E-state index contributed by atoms with van der Waals surface area (Å²) >= 11 is 4.61. The van der Waals surface area contributed by atoms with Crippen molar-refractivity contribution in [3.05, 3.63) is 31.8 Å². The van der Waals surface area contributed by atoms with Crippen LogP contribution in [0.2, 0.25) is 0 Å². The van der Waals surface area contributed by atoms with E-state index in [2.05, 4.69) is 47.7 Å². The summed E-state index contributed by atoms with van der Waals surface area (Å²) in [5, 5.41) is 24.6. The van der Waals surface area contributed by atoms with Crippen molar-refractivity contribution in [2.24, 2.45) is 13.0 Å². The fraction of sp³-hybridized carbons (Fsp3) is 0.429. The molecule has 0 saturated carbocycles. The number of hydrogen-bond acceptors (Lipinski definition) is 7. The van der Waals surface area contributed by atoms with Crippen LogP contribution in [0.3, 0.4) is 0 Å². The van der Waals surface area contributed by atoms with E-state index in [4.69, 9.17) is 0 Å². The Labute approximate surface area is 188 Å². The molecule has 3 heterocycles. The molecule has 0 bridgehead atoms. The number of aryl methyl sites for hydroxylation is 1. The molecule has 1 aliphatic carbocycles. The number of aromatic nitrogens is 3. The molecule has 1 atom stereocenters. The SMILES string of the molecule is Cc1scc(-c2nnc(SCC(=O)Nc3sc4c(c3C#N)CCC(C)C4)n2C)c1C. The molecule has 9 heteroatoms. The van der Waals surface area contributed by atoms with Crippen LogP contribution in [0.25, 0.3) is 11.4 Å². The number of carbonyl (C=O) groups excluding carboxylic acids is 1. The Morgan fingerprint density at radius 2 is 2.23 bits per heavy atom. The summed E-state index contributed by atoms with van der Waals surface area (Å²) in [5.74, 6) is 1.53. The van der Waals surface area contributed by atoms with Crippen LogP contribution in [0.15, 0.2) is 10.5 Å². The first-order chi connectivity index (χ1) is 14.4. The van der Waals surface area contributed by atoms with Gasteiger partial charge in [-0.3, -0.25) is 4.79 Å². The molecule has 6 nitrogen and oxygen atoms in total. The molecule has 30 heavy (non-hydrogen) atoms. The Kier molecular flexibility index (Phi) is 6.00. The smallest absolute Gasteiger partial charge is 0.235 e. The number of anilines is 1. The van der Waals surface area contributed by atoms with E-state index in [1.54, 1.807) is 22.7 Å². The molecule has 0 fully saturated rings. The van der Waals surface area contributed by atoms with E-state index < -0.39 is 0 Å². The maximum absolute atomic E-state index is 12.6. The molecule has 1 aliphatic rings. The second-order valence-electron chi connectivity index (χ2n) is 7.70. The molecular formula is C21H23N5OS3. The molecule has 1 unspecified atom stereocenters. The lowest BCUT2D eigenvalue weighted by Crippen LogP contribution is -2.14. The summed E-state index contributed by atoms with van der Waals surface area (Å²) in [7, 11) is 1.92. The van der Waals surface area contributed by atoms with Gasteiger partial charge in [0.2, 0.25) is 5.91 Å². The maximum atomic E-state index is 12.6. The maximum Gasteiger partial charge on any atom is 0.235 e. The third-order valence-corrected chi connectivity index (χ3v) is 8.77. The first-order valence-corrected chi connectivity index (χ1v) is 12.5. The zero-order valence-electron chi connectivity index (χ0n) is 17.4. The number of fused-ring (bicyclic) bond motifs is 1. The zero-order valence-corrected chi connectivity index (χ0v) is 19.9. The topological polar surface area (TPSA) is 83.6 Å². The quantitative estimate of drug-likeness (QED) is 0.548. The van der Waals surface area contributed by atoms with E-state index in [0.29, 0.717) is 21.6 Å². The first kappa shape index (κ1) is 21.1. The monoisotopic (exact) mass is 457 g/mol.